The molecule has 0 spiro atoms. The Labute approximate surface area is 135 Å². The van der Waals surface area contributed by atoms with E-state index in [0.717, 1.165) is 42.6 Å². The van der Waals surface area contributed by atoms with Crippen molar-refractivity contribution in [3.63, 3.8) is 0 Å². The Morgan fingerprint density at radius 2 is 1.86 bits per heavy atom. The number of aromatic nitrogens is 3. The molecule has 1 aromatic heterocycles. The second-order valence-electron chi connectivity index (χ2n) is 5.41. The summed E-state index contributed by atoms with van der Waals surface area (Å²) in [6, 6.07) is 7.75. The van der Waals surface area contributed by atoms with Crippen LogP contribution in [0.4, 0.5) is 11.8 Å². The lowest BCUT2D eigenvalue weighted by atomic mass is 10.2. The Morgan fingerprint density at radius 3 is 2.59 bits per heavy atom. The molecule has 2 heterocycles. The maximum atomic E-state index is 5.89. The third-order valence-corrected chi connectivity index (χ3v) is 3.97. The number of nitrogens with zero attached hydrogens (tertiary/aromatic N) is 5. The van der Waals surface area contributed by atoms with Crippen LogP contribution < -0.4 is 10.2 Å². The van der Waals surface area contributed by atoms with Crippen molar-refractivity contribution in [3.8, 4) is 0 Å². The van der Waals surface area contributed by atoms with Crippen molar-refractivity contribution in [3.05, 3.63) is 41.0 Å². The lowest BCUT2D eigenvalue weighted by Crippen LogP contribution is -2.45. The predicted molar refractivity (Wildman–Crippen MR) is 88.3 cm³/mol. The van der Waals surface area contributed by atoms with Crippen molar-refractivity contribution in [1.82, 2.24) is 20.1 Å². The van der Waals surface area contributed by atoms with Gasteiger partial charge >= 0.3 is 0 Å². The molecule has 116 valence electrons. The number of piperazine rings is 1. The van der Waals surface area contributed by atoms with Crippen molar-refractivity contribution in [2.75, 3.05) is 43.4 Å². The molecular weight excluding hydrogens is 300 g/mol. The van der Waals surface area contributed by atoms with Gasteiger partial charge in [-0.25, -0.2) is 0 Å². The maximum absolute atomic E-state index is 5.89. The van der Waals surface area contributed by atoms with Crippen LogP contribution in [0.25, 0.3) is 0 Å². The Kier molecular flexibility index (Phi) is 4.70. The Balaban J connectivity index is 1.62. The number of anilines is 2. The third-order valence-electron chi connectivity index (χ3n) is 3.72. The molecule has 0 saturated carbocycles. The zero-order valence-corrected chi connectivity index (χ0v) is 13.3. The van der Waals surface area contributed by atoms with Gasteiger partial charge in [-0.3, -0.25) is 0 Å². The van der Waals surface area contributed by atoms with Gasteiger partial charge in [0.2, 0.25) is 5.95 Å². The first-order valence-corrected chi connectivity index (χ1v) is 7.70. The maximum Gasteiger partial charge on any atom is 0.247 e. The summed E-state index contributed by atoms with van der Waals surface area (Å²) in [7, 11) is 2.13. The molecule has 0 bridgehead atoms. The quantitative estimate of drug-likeness (QED) is 0.929. The fraction of sp³-hybridized carbons (Fsp3) is 0.400. The highest BCUT2D eigenvalue weighted by molar-refractivity contribution is 6.30. The van der Waals surface area contributed by atoms with Gasteiger partial charge in [0.1, 0.15) is 0 Å². The van der Waals surface area contributed by atoms with Crippen molar-refractivity contribution < 1.29 is 0 Å². The first-order valence-electron chi connectivity index (χ1n) is 7.32. The van der Waals surface area contributed by atoms with E-state index in [0.29, 0.717) is 12.5 Å². The molecule has 0 radical (unpaired) electrons. The summed E-state index contributed by atoms with van der Waals surface area (Å²) in [6.45, 7) is 4.58. The molecule has 1 aliphatic heterocycles. The highest BCUT2D eigenvalue weighted by atomic mass is 35.5. The van der Waals surface area contributed by atoms with Crippen molar-refractivity contribution in [2.24, 2.45) is 0 Å². The van der Waals surface area contributed by atoms with Gasteiger partial charge in [-0.05, 0) is 24.7 Å². The largest absolute Gasteiger partial charge is 0.365 e. The lowest BCUT2D eigenvalue weighted by molar-refractivity contribution is 0.311. The van der Waals surface area contributed by atoms with Crippen molar-refractivity contribution in [2.45, 2.75) is 6.54 Å². The second-order valence-corrected chi connectivity index (χ2v) is 5.85. The highest BCUT2D eigenvalue weighted by Crippen LogP contribution is 2.14. The zero-order valence-electron chi connectivity index (χ0n) is 12.5. The predicted octanol–water partition coefficient (Wildman–Crippen LogP) is 1.89. The molecule has 0 amide bonds. The van der Waals surface area contributed by atoms with Gasteiger partial charge in [0, 0.05) is 37.7 Å². The summed E-state index contributed by atoms with van der Waals surface area (Å²) in [5, 5.41) is 12.2. The average Bonchev–Trinajstić information content (AvgIpc) is 2.55. The van der Waals surface area contributed by atoms with E-state index in [-0.39, 0.29) is 0 Å². The molecule has 22 heavy (non-hydrogen) atoms. The number of likely N-dealkylation sites (N-methyl/N-ethyl adjacent to an activating group) is 1. The number of nitrogens with one attached hydrogen (secondary N) is 1. The number of hydrogen-bond acceptors (Lipinski definition) is 6. The van der Waals surface area contributed by atoms with Crippen LogP contribution in [-0.4, -0.2) is 53.3 Å². The van der Waals surface area contributed by atoms with Gasteiger partial charge in [0.05, 0.1) is 6.20 Å². The minimum Gasteiger partial charge on any atom is -0.365 e. The fourth-order valence-electron chi connectivity index (χ4n) is 2.31. The van der Waals surface area contributed by atoms with Crippen molar-refractivity contribution >= 4 is 23.4 Å². The van der Waals surface area contributed by atoms with E-state index < -0.39 is 0 Å². The first kappa shape index (κ1) is 15.0. The van der Waals surface area contributed by atoms with Crippen LogP contribution in [0, 0.1) is 0 Å². The molecule has 1 fully saturated rings. The van der Waals surface area contributed by atoms with E-state index in [2.05, 4.69) is 37.3 Å². The monoisotopic (exact) mass is 318 g/mol. The van der Waals surface area contributed by atoms with Crippen LogP contribution in [0.1, 0.15) is 5.56 Å². The standard InChI is InChI=1S/C15H19ClN6/c1-21-6-8-22(9-7-21)15-19-14(11-18-20-15)17-10-12-2-4-13(16)5-3-12/h2-5,11H,6-10H2,1H3,(H,17,19,20). The normalized spacial score (nSPS) is 15.8. The van der Waals surface area contributed by atoms with Crippen molar-refractivity contribution in [1.29, 1.82) is 0 Å². The molecule has 3 rings (SSSR count). The molecule has 0 aliphatic carbocycles. The second kappa shape index (κ2) is 6.89. The summed E-state index contributed by atoms with van der Waals surface area (Å²) in [5.74, 6) is 1.42. The summed E-state index contributed by atoms with van der Waals surface area (Å²) >= 11 is 5.89. The average molecular weight is 319 g/mol. The smallest absolute Gasteiger partial charge is 0.247 e. The van der Waals surface area contributed by atoms with Crippen LogP contribution in [0.5, 0.6) is 0 Å². The summed E-state index contributed by atoms with van der Waals surface area (Å²) in [4.78, 5) is 9.02. The molecule has 1 aliphatic rings. The van der Waals surface area contributed by atoms with Crippen LogP contribution in [0.2, 0.25) is 5.02 Å². The minimum absolute atomic E-state index is 0.679. The Hall–Kier alpha value is -1.92. The van der Waals surface area contributed by atoms with Gasteiger partial charge in [0.25, 0.3) is 0 Å². The van der Waals surface area contributed by atoms with Crippen LogP contribution >= 0.6 is 11.6 Å². The van der Waals surface area contributed by atoms with E-state index in [1.165, 1.54) is 0 Å². The summed E-state index contributed by atoms with van der Waals surface area (Å²) in [5.41, 5.74) is 1.14. The highest BCUT2D eigenvalue weighted by Gasteiger charge is 2.17. The van der Waals surface area contributed by atoms with Gasteiger partial charge < -0.3 is 15.1 Å². The van der Waals surface area contributed by atoms with E-state index in [1.54, 1.807) is 6.20 Å². The molecule has 0 atom stereocenters. The van der Waals surface area contributed by atoms with Gasteiger partial charge in [-0.1, -0.05) is 23.7 Å². The van der Waals surface area contributed by atoms with E-state index in [1.807, 2.05) is 24.3 Å². The van der Waals surface area contributed by atoms with E-state index in [4.69, 9.17) is 11.6 Å². The van der Waals surface area contributed by atoms with E-state index >= 15 is 0 Å². The molecule has 2 aromatic rings. The third kappa shape index (κ3) is 3.84. The lowest BCUT2D eigenvalue weighted by Gasteiger charge is -2.32. The fourth-order valence-corrected chi connectivity index (χ4v) is 2.44. The van der Waals surface area contributed by atoms with Gasteiger partial charge in [0.15, 0.2) is 5.82 Å². The number of hydrogen-bond donors (Lipinski definition) is 1. The van der Waals surface area contributed by atoms with Gasteiger partial charge in [-0.15, -0.1) is 5.10 Å². The van der Waals surface area contributed by atoms with Crippen LogP contribution in [-0.2, 0) is 6.54 Å². The number of halogens is 1. The first-order chi connectivity index (χ1) is 10.7. The van der Waals surface area contributed by atoms with Gasteiger partial charge in [-0.2, -0.15) is 10.1 Å². The zero-order chi connectivity index (χ0) is 15.4. The number of benzene rings is 1. The summed E-state index contributed by atoms with van der Waals surface area (Å²) < 4.78 is 0. The Bertz CT molecular complexity index is 610. The number of rotatable bonds is 4. The molecule has 7 heteroatoms. The molecular formula is C15H19ClN6. The molecule has 1 aromatic carbocycles. The molecule has 1 saturated heterocycles. The minimum atomic E-state index is 0.679. The summed E-state index contributed by atoms with van der Waals surface area (Å²) in [6.07, 6.45) is 1.65. The molecule has 6 nitrogen and oxygen atoms in total. The SMILES string of the molecule is CN1CCN(c2nncc(NCc3ccc(Cl)cc3)n2)CC1. The Morgan fingerprint density at radius 1 is 1.14 bits per heavy atom. The van der Waals surface area contributed by atoms with Crippen LogP contribution in [0.15, 0.2) is 30.5 Å². The molecule has 1 N–H and O–H groups in total. The van der Waals surface area contributed by atoms with E-state index in [9.17, 15) is 0 Å². The molecule has 0 unspecified atom stereocenters. The topological polar surface area (TPSA) is 57.2 Å². The van der Waals surface area contributed by atoms with Crippen LogP contribution in [0.3, 0.4) is 0 Å².